The first-order chi connectivity index (χ1) is 13.8. The van der Waals surface area contributed by atoms with Gasteiger partial charge in [-0.15, -0.1) is 0 Å². The van der Waals surface area contributed by atoms with E-state index in [9.17, 15) is 14.4 Å². The van der Waals surface area contributed by atoms with Gasteiger partial charge in [-0.2, -0.15) is 0 Å². The van der Waals surface area contributed by atoms with Crippen LogP contribution in [0.25, 0.3) is 0 Å². The number of carbonyl (C=O) groups excluding carboxylic acids is 3. The van der Waals surface area contributed by atoms with Gasteiger partial charge in [0, 0.05) is 31.9 Å². The molecule has 2 N–H and O–H groups in total. The number of para-hydroxylation sites is 1. The van der Waals surface area contributed by atoms with Crippen LogP contribution in [-0.2, 0) is 9.59 Å². The van der Waals surface area contributed by atoms with E-state index >= 15 is 0 Å². The SMILES string of the molecule is CC(C)CC(=O)Nc1ccc(NC(=O)c2ccccc2OCC(=O)N(C)C)cc1. The highest BCUT2D eigenvalue weighted by atomic mass is 16.5. The number of likely N-dealkylation sites (N-methyl/N-ethyl adjacent to an activating group) is 1. The van der Waals surface area contributed by atoms with E-state index < -0.39 is 0 Å². The molecule has 154 valence electrons. The van der Waals surface area contributed by atoms with Crippen molar-refractivity contribution in [2.45, 2.75) is 20.3 Å². The predicted octanol–water partition coefficient (Wildman–Crippen LogP) is 3.39. The molecule has 0 aliphatic heterocycles. The van der Waals surface area contributed by atoms with Crippen LogP contribution in [0, 0.1) is 5.92 Å². The molecule has 2 aromatic carbocycles. The number of carbonyl (C=O) groups is 3. The molecule has 0 aromatic heterocycles. The van der Waals surface area contributed by atoms with Gasteiger partial charge in [-0.05, 0) is 42.3 Å². The number of hydrogen-bond donors (Lipinski definition) is 2. The Balaban J connectivity index is 2.01. The van der Waals surface area contributed by atoms with Crippen molar-refractivity contribution in [3.05, 3.63) is 54.1 Å². The van der Waals surface area contributed by atoms with Gasteiger partial charge in [0.2, 0.25) is 5.91 Å². The van der Waals surface area contributed by atoms with Crippen LogP contribution in [0.1, 0.15) is 30.6 Å². The molecule has 0 heterocycles. The third-order valence-corrected chi connectivity index (χ3v) is 4.00. The van der Waals surface area contributed by atoms with Crippen LogP contribution >= 0.6 is 0 Å². The van der Waals surface area contributed by atoms with Gasteiger partial charge >= 0.3 is 0 Å². The Kier molecular flexibility index (Phi) is 7.77. The molecule has 2 rings (SSSR count). The van der Waals surface area contributed by atoms with E-state index in [1.807, 2.05) is 13.8 Å². The minimum atomic E-state index is -0.352. The first-order valence-electron chi connectivity index (χ1n) is 9.39. The Labute approximate surface area is 171 Å². The highest BCUT2D eigenvalue weighted by Crippen LogP contribution is 2.21. The smallest absolute Gasteiger partial charge is 0.259 e. The summed E-state index contributed by atoms with van der Waals surface area (Å²) >= 11 is 0. The second kappa shape index (κ2) is 10.3. The van der Waals surface area contributed by atoms with E-state index in [2.05, 4.69) is 10.6 Å². The molecule has 0 unspecified atom stereocenters. The molecule has 3 amide bonds. The predicted molar refractivity (Wildman–Crippen MR) is 113 cm³/mol. The zero-order valence-electron chi connectivity index (χ0n) is 17.2. The van der Waals surface area contributed by atoms with Gasteiger partial charge in [-0.25, -0.2) is 0 Å². The third kappa shape index (κ3) is 6.95. The summed E-state index contributed by atoms with van der Waals surface area (Å²) in [5.41, 5.74) is 1.57. The number of amides is 3. The zero-order valence-corrected chi connectivity index (χ0v) is 17.2. The summed E-state index contributed by atoms with van der Waals surface area (Å²) in [4.78, 5) is 37.6. The molecular formula is C22H27N3O4. The number of rotatable bonds is 8. The van der Waals surface area contributed by atoms with Crippen molar-refractivity contribution in [1.82, 2.24) is 4.90 Å². The van der Waals surface area contributed by atoms with Crippen molar-refractivity contribution in [1.29, 1.82) is 0 Å². The molecule has 0 bridgehead atoms. The highest BCUT2D eigenvalue weighted by molar-refractivity contribution is 6.06. The number of ether oxygens (including phenoxy) is 1. The first-order valence-corrected chi connectivity index (χ1v) is 9.39. The Morgan fingerprint density at radius 2 is 1.52 bits per heavy atom. The van der Waals surface area contributed by atoms with E-state index in [4.69, 9.17) is 4.74 Å². The van der Waals surface area contributed by atoms with Gasteiger partial charge in [0.15, 0.2) is 6.61 Å². The van der Waals surface area contributed by atoms with Gasteiger partial charge in [-0.1, -0.05) is 26.0 Å². The maximum absolute atomic E-state index is 12.6. The summed E-state index contributed by atoms with van der Waals surface area (Å²) in [5.74, 6) is 0.0154. The number of benzene rings is 2. The molecule has 7 heteroatoms. The average Bonchev–Trinajstić information content (AvgIpc) is 2.67. The van der Waals surface area contributed by atoms with Crippen LogP contribution in [0.3, 0.4) is 0 Å². The number of anilines is 2. The van der Waals surface area contributed by atoms with Crippen molar-refractivity contribution in [2.75, 3.05) is 31.3 Å². The fourth-order valence-electron chi connectivity index (χ4n) is 2.47. The molecule has 0 fully saturated rings. The van der Waals surface area contributed by atoms with Crippen LogP contribution in [0.15, 0.2) is 48.5 Å². The van der Waals surface area contributed by atoms with Crippen molar-refractivity contribution >= 4 is 29.1 Å². The maximum atomic E-state index is 12.6. The van der Waals surface area contributed by atoms with E-state index in [1.165, 1.54) is 4.90 Å². The van der Waals surface area contributed by atoms with Crippen molar-refractivity contribution in [2.24, 2.45) is 5.92 Å². The zero-order chi connectivity index (χ0) is 21.4. The molecule has 0 spiro atoms. The molecule has 0 saturated carbocycles. The summed E-state index contributed by atoms with van der Waals surface area (Å²) < 4.78 is 5.51. The first kappa shape index (κ1) is 21.9. The fourth-order valence-corrected chi connectivity index (χ4v) is 2.47. The lowest BCUT2D eigenvalue weighted by Gasteiger charge is -2.14. The molecule has 2 aromatic rings. The molecule has 0 saturated heterocycles. The molecule has 0 atom stereocenters. The highest BCUT2D eigenvalue weighted by Gasteiger charge is 2.14. The Hall–Kier alpha value is -3.35. The Morgan fingerprint density at radius 3 is 2.10 bits per heavy atom. The van der Waals surface area contributed by atoms with Crippen LogP contribution in [0.2, 0.25) is 0 Å². The lowest BCUT2D eigenvalue weighted by Crippen LogP contribution is -2.28. The number of nitrogens with zero attached hydrogens (tertiary/aromatic N) is 1. The van der Waals surface area contributed by atoms with Gasteiger partial charge in [0.1, 0.15) is 5.75 Å². The summed E-state index contributed by atoms with van der Waals surface area (Å²) in [5, 5.41) is 5.62. The standard InChI is InChI=1S/C22H27N3O4/c1-15(2)13-20(26)23-16-9-11-17(12-10-16)24-22(28)18-7-5-6-8-19(18)29-14-21(27)25(3)4/h5-12,15H,13-14H2,1-4H3,(H,23,26)(H,24,28). The van der Waals surface area contributed by atoms with Crippen molar-refractivity contribution in [3.63, 3.8) is 0 Å². The van der Waals surface area contributed by atoms with Crippen molar-refractivity contribution in [3.8, 4) is 5.75 Å². The summed E-state index contributed by atoms with van der Waals surface area (Å²) in [6.45, 7) is 3.81. The molecule has 29 heavy (non-hydrogen) atoms. The molecule has 0 aliphatic rings. The fraction of sp³-hybridized carbons (Fsp3) is 0.318. The topological polar surface area (TPSA) is 87.7 Å². The lowest BCUT2D eigenvalue weighted by atomic mass is 10.1. The van der Waals surface area contributed by atoms with Crippen LogP contribution < -0.4 is 15.4 Å². The molecule has 0 aliphatic carbocycles. The summed E-state index contributed by atoms with van der Waals surface area (Å²) in [6.07, 6.45) is 0.450. The van der Waals surface area contributed by atoms with Gasteiger partial charge < -0.3 is 20.3 Å². The minimum absolute atomic E-state index is 0.0462. The van der Waals surface area contributed by atoms with E-state index in [0.717, 1.165) is 0 Å². The van der Waals surface area contributed by atoms with E-state index in [0.29, 0.717) is 29.1 Å². The van der Waals surface area contributed by atoms with Gasteiger partial charge in [0.05, 0.1) is 5.56 Å². The molecule has 0 radical (unpaired) electrons. The maximum Gasteiger partial charge on any atom is 0.259 e. The van der Waals surface area contributed by atoms with Crippen LogP contribution in [0.5, 0.6) is 5.75 Å². The molecule has 7 nitrogen and oxygen atoms in total. The quantitative estimate of drug-likeness (QED) is 0.715. The molecular weight excluding hydrogens is 370 g/mol. The largest absolute Gasteiger partial charge is 0.483 e. The summed E-state index contributed by atoms with van der Waals surface area (Å²) in [7, 11) is 3.28. The van der Waals surface area contributed by atoms with Crippen LogP contribution in [-0.4, -0.2) is 43.3 Å². The lowest BCUT2D eigenvalue weighted by molar-refractivity contribution is -0.130. The Morgan fingerprint density at radius 1 is 0.931 bits per heavy atom. The second-order valence-corrected chi connectivity index (χ2v) is 7.25. The van der Waals surface area contributed by atoms with E-state index in [1.54, 1.807) is 62.6 Å². The van der Waals surface area contributed by atoms with E-state index in [-0.39, 0.29) is 30.2 Å². The average molecular weight is 397 g/mol. The third-order valence-electron chi connectivity index (χ3n) is 4.00. The number of nitrogens with one attached hydrogen (secondary N) is 2. The number of hydrogen-bond acceptors (Lipinski definition) is 4. The van der Waals surface area contributed by atoms with Gasteiger partial charge in [-0.3, -0.25) is 14.4 Å². The normalized spacial score (nSPS) is 10.4. The second-order valence-electron chi connectivity index (χ2n) is 7.25. The van der Waals surface area contributed by atoms with Crippen molar-refractivity contribution < 1.29 is 19.1 Å². The Bertz CT molecular complexity index is 861. The van der Waals surface area contributed by atoms with Crippen LogP contribution in [0.4, 0.5) is 11.4 Å². The monoisotopic (exact) mass is 397 g/mol. The minimum Gasteiger partial charge on any atom is -0.483 e. The summed E-state index contributed by atoms with van der Waals surface area (Å²) in [6, 6.07) is 13.6. The van der Waals surface area contributed by atoms with Gasteiger partial charge in [0.25, 0.3) is 11.8 Å².